The summed E-state index contributed by atoms with van der Waals surface area (Å²) in [4.78, 5) is 82.2. The highest BCUT2D eigenvalue weighted by Crippen LogP contribution is 2.42. The maximum atomic E-state index is 14.7. The summed E-state index contributed by atoms with van der Waals surface area (Å²) in [6.45, 7) is 15.0. The van der Waals surface area contributed by atoms with E-state index >= 15 is 0 Å². The first-order valence-corrected chi connectivity index (χ1v) is 24.0. The van der Waals surface area contributed by atoms with Gasteiger partial charge in [0.15, 0.2) is 17.7 Å². The zero-order valence-corrected chi connectivity index (χ0v) is 41.5. The van der Waals surface area contributed by atoms with Crippen molar-refractivity contribution in [3.8, 4) is 11.4 Å². The molecule has 19 heteroatoms. The molecule has 1 aromatic carbocycles. The number of hydrogen-bond donors (Lipinski definition) is 4. The number of esters is 1. The molecule has 5 rings (SSSR count). The number of ether oxygens (including phenoxy) is 6. The quantitative estimate of drug-likeness (QED) is 0.112. The molecule has 0 bridgehead atoms. The number of likely N-dealkylation sites (N-methyl/N-ethyl adjacent to an activating group) is 2. The number of carbonyl (C=O) groups excluding carboxylic acids is 5. The van der Waals surface area contributed by atoms with Gasteiger partial charge in [0.05, 0.1) is 24.7 Å². The summed E-state index contributed by atoms with van der Waals surface area (Å²) in [5.41, 5.74) is -1.37. The van der Waals surface area contributed by atoms with E-state index in [0.717, 1.165) is 11.1 Å². The Hall–Kier alpha value is -4.95. The van der Waals surface area contributed by atoms with Gasteiger partial charge in [0.25, 0.3) is 0 Å². The SMILES string of the molecule is CC[C@H]1OC(=O)[C@H](C)[C@@H](OC(=O)N(CC)CCO)[C@H](C)[C@@H](O[C@@H]2O[C@H](C)C[C@H](N(C)C)[C@H]2O)[C@](C)(OC(=O)NCCCc2ccc(-c3ncccn3)cc2)C[C@@H](C)C(=O)[C@H](C)[C@H]2NC(=O)O[C@@]21C. The Labute approximate surface area is 400 Å². The van der Waals surface area contributed by atoms with Crippen LogP contribution in [0.25, 0.3) is 11.4 Å². The molecule has 4 N–H and O–H groups in total. The van der Waals surface area contributed by atoms with Crippen LogP contribution in [-0.2, 0) is 44.4 Å². The Bertz CT molecular complexity index is 2010. The van der Waals surface area contributed by atoms with E-state index in [9.17, 15) is 34.2 Å². The lowest BCUT2D eigenvalue weighted by Gasteiger charge is -2.48. The normalized spacial score (nSPS) is 33.6. The lowest BCUT2D eigenvalue weighted by molar-refractivity contribution is -0.298. The number of aliphatic hydroxyl groups is 2. The second-order valence-electron chi connectivity index (χ2n) is 19.3. The monoisotopic (exact) mass is 955 g/mol. The number of aliphatic hydroxyl groups excluding tert-OH is 2. The number of nitrogens with one attached hydrogen (secondary N) is 2. The standard InChI is InChI=1S/C49H74N6O13/c1-12-36-49(9)40(53-46(61)68-49)30(5)37(57)28(3)27-48(8,67-45(60)52-21-14-16-33-17-19-34(20-18-33)42-50-22-15-23-51-42)41(66-44-38(58)35(54(10)11)26-29(4)63-44)31(6)39(32(7)43(59)64-36)65-47(62)55(13-2)24-25-56/h15,17-20,22-23,28-32,35-36,38-41,44,56,58H,12-14,16,21,24-27H2,1-11H3,(H,52,60)(H,53,61)/t28-,29-,30+,31+,32-,35+,36-,38-,39+,40-,41-,44+,48-,49-/m1/s1. The van der Waals surface area contributed by atoms with Gasteiger partial charge in [0.2, 0.25) is 0 Å². The molecule has 378 valence electrons. The molecule has 3 aliphatic heterocycles. The summed E-state index contributed by atoms with van der Waals surface area (Å²) in [5.74, 6) is -4.56. The maximum absolute atomic E-state index is 14.7. The van der Waals surface area contributed by atoms with Crippen LogP contribution in [0.1, 0.15) is 93.6 Å². The number of rotatable bonds is 14. The fraction of sp³-hybridized carbons (Fsp3) is 0.694. The van der Waals surface area contributed by atoms with Gasteiger partial charge in [0, 0.05) is 61.4 Å². The Kier molecular flexibility index (Phi) is 18.7. The van der Waals surface area contributed by atoms with E-state index in [1.807, 2.05) is 50.2 Å². The van der Waals surface area contributed by atoms with Crippen LogP contribution in [0.2, 0.25) is 0 Å². The molecule has 0 radical (unpaired) electrons. The molecule has 19 nitrogen and oxygen atoms in total. The zero-order valence-electron chi connectivity index (χ0n) is 41.5. The number of ketones is 1. The number of Topliss-reactive ketones (excluding diaryl/α,β-unsaturated/α-hetero) is 1. The van der Waals surface area contributed by atoms with Gasteiger partial charge in [-0.1, -0.05) is 52.0 Å². The van der Waals surface area contributed by atoms with Crippen molar-refractivity contribution in [1.82, 2.24) is 30.4 Å². The number of fused-ring (bicyclic) bond motifs is 1. The number of amides is 3. The molecule has 0 unspecified atom stereocenters. The molecule has 3 amide bonds. The number of aryl methyl sites for hydroxylation is 1. The topological polar surface area (TPSA) is 238 Å². The number of alkyl carbamates (subject to hydrolysis) is 2. The van der Waals surface area contributed by atoms with Crippen LogP contribution in [-0.4, -0.2) is 160 Å². The highest BCUT2D eigenvalue weighted by atomic mass is 16.7. The first kappa shape index (κ1) is 54.0. The summed E-state index contributed by atoms with van der Waals surface area (Å²) in [6.07, 6.45) is -4.12. The highest BCUT2D eigenvalue weighted by Gasteiger charge is 2.58. The third kappa shape index (κ3) is 12.6. The molecule has 3 fully saturated rings. The number of aromatic nitrogens is 2. The predicted molar refractivity (Wildman–Crippen MR) is 249 cm³/mol. The lowest BCUT2D eigenvalue weighted by Crippen LogP contribution is -2.61. The maximum Gasteiger partial charge on any atom is 0.410 e. The van der Waals surface area contributed by atoms with Crippen molar-refractivity contribution in [2.75, 3.05) is 40.3 Å². The van der Waals surface area contributed by atoms with Crippen molar-refractivity contribution in [2.45, 2.75) is 155 Å². The Morgan fingerprint density at radius 1 is 1.00 bits per heavy atom. The molecule has 0 spiro atoms. The van der Waals surface area contributed by atoms with E-state index in [0.29, 0.717) is 25.1 Å². The molecule has 3 aliphatic rings. The molecular weight excluding hydrogens is 881 g/mol. The molecule has 1 aromatic heterocycles. The van der Waals surface area contributed by atoms with Gasteiger partial charge in [0.1, 0.15) is 35.8 Å². The zero-order chi connectivity index (χ0) is 50.1. The van der Waals surface area contributed by atoms with E-state index in [4.69, 9.17) is 28.4 Å². The first-order chi connectivity index (χ1) is 32.2. The first-order valence-electron chi connectivity index (χ1n) is 24.0. The van der Waals surface area contributed by atoms with E-state index in [1.54, 1.807) is 66.9 Å². The van der Waals surface area contributed by atoms with Gasteiger partial charge in [-0.25, -0.2) is 24.4 Å². The van der Waals surface area contributed by atoms with Crippen LogP contribution in [0.15, 0.2) is 42.7 Å². The Morgan fingerprint density at radius 2 is 1.68 bits per heavy atom. The van der Waals surface area contributed by atoms with Crippen LogP contribution < -0.4 is 10.6 Å². The Morgan fingerprint density at radius 3 is 2.29 bits per heavy atom. The fourth-order valence-corrected chi connectivity index (χ4v) is 10.1. The third-order valence-corrected chi connectivity index (χ3v) is 13.9. The lowest BCUT2D eigenvalue weighted by atomic mass is 9.73. The van der Waals surface area contributed by atoms with Crippen molar-refractivity contribution in [3.63, 3.8) is 0 Å². The van der Waals surface area contributed by atoms with Crippen LogP contribution in [0.5, 0.6) is 0 Å². The smallest absolute Gasteiger partial charge is 0.410 e. The average Bonchev–Trinajstić information content (AvgIpc) is 3.63. The minimum absolute atomic E-state index is 0.0656. The summed E-state index contributed by atoms with van der Waals surface area (Å²) in [5, 5.41) is 27.3. The summed E-state index contributed by atoms with van der Waals surface area (Å²) in [7, 11) is 3.66. The number of benzene rings is 1. The number of nitrogens with zero attached hydrogens (tertiary/aromatic N) is 4. The van der Waals surface area contributed by atoms with Crippen LogP contribution in [0, 0.1) is 23.7 Å². The molecule has 68 heavy (non-hydrogen) atoms. The van der Waals surface area contributed by atoms with Gasteiger partial charge in [-0.05, 0) is 92.4 Å². The average molecular weight is 955 g/mol. The van der Waals surface area contributed by atoms with Crippen molar-refractivity contribution in [1.29, 1.82) is 0 Å². The van der Waals surface area contributed by atoms with Gasteiger partial charge in [-0.3, -0.25) is 9.59 Å². The van der Waals surface area contributed by atoms with Crippen LogP contribution in [0.4, 0.5) is 14.4 Å². The second kappa shape index (κ2) is 23.6. The van der Waals surface area contributed by atoms with Crippen molar-refractivity contribution < 1.29 is 62.6 Å². The number of cyclic esters (lactones) is 1. The largest absolute Gasteiger partial charge is 0.458 e. The highest BCUT2D eigenvalue weighted by molar-refractivity contribution is 5.85. The second-order valence-corrected chi connectivity index (χ2v) is 19.3. The number of hydrogen-bond acceptors (Lipinski definition) is 16. The van der Waals surface area contributed by atoms with E-state index in [1.165, 1.54) is 11.8 Å². The molecule has 0 aliphatic carbocycles. The van der Waals surface area contributed by atoms with Crippen molar-refractivity contribution in [2.24, 2.45) is 23.7 Å². The molecule has 2 aromatic rings. The van der Waals surface area contributed by atoms with Crippen molar-refractivity contribution in [3.05, 3.63) is 48.3 Å². The molecule has 4 heterocycles. The summed E-state index contributed by atoms with van der Waals surface area (Å²) in [6, 6.07) is 8.23. The van der Waals surface area contributed by atoms with Gasteiger partial charge in [-0.2, -0.15) is 0 Å². The van der Waals surface area contributed by atoms with Gasteiger partial charge >= 0.3 is 24.2 Å². The van der Waals surface area contributed by atoms with Crippen LogP contribution >= 0.6 is 0 Å². The summed E-state index contributed by atoms with van der Waals surface area (Å²) >= 11 is 0. The van der Waals surface area contributed by atoms with E-state index in [-0.39, 0.29) is 44.9 Å². The van der Waals surface area contributed by atoms with E-state index < -0.39 is 108 Å². The minimum atomic E-state index is -1.77. The number of carbonyl (C=O) groups is 5. The van der Waals surface area contributed by atoms with Gasteiger partial charge in [-0.15, -0.1) is 0 Å². The minimum Gasteiger partial charge on any atom is -0.458 e. The molecule has 0 saturated carbocycles. The molecule has 14 atom stereocenters. The molecular formula is C49H74N6O13. The fourth-order valence-electron chi connectivity index (χ4n) is 10.1. The Balaban J connectivity index is 1.56. The van der Waals surface area contributed by atoms with Crippen LogP contribution in [0.3, 0.4) is 0 Å². The van der Waals surface area contributed by atoms with Gasteiger partial charge < -0.3 is 59.1 Å². The van der Waals surface area contributed by atoms with Crippen molar-refractivity contribution >= 4 is 30.0 Å². The third-order valence-electron chi connectivity index (χ3n) is 13.9. The van der Waals surface area contributed by atoms with E-state index in [2.05, 4.69) is 20.6 Å². The molecule has 3 saturated heterocycles. The summed E-state index contributed by atoms with van der Waals surface area (Å²) < 4.78 is 37.9. The predicted octanol–water partition coefficient (Wildman–Crippen LogP) is 4.90.